The Labute approximate surface area is 93.5 Å². The van der Waals surface area contributed by atoms with E-state index in [1.807, 2.05) is 13.1 Å². The van der Waals surface area contributed by atoms with Crippen LogP contribution in [0, 0.1) is 0 Å². The number of benzene rings is 1. The Morgan fingerprint density at radius 2 is 2.00 bits per heavy atom. The van der Waals surface area contributed by atoms with Gasteiger partial charge in [-0.05, 0) is 51.1 Å². The number of rotatable bonds is 3. The third-order valence-corrected chi connectivity index (χ3v) is 2.72. The second-order valence-corrected chi connectivity index (χ2v) is 5.04. The number of phenolic OH excluding ortho intramolecular Hbond substituents is 1. The van der Waals surface area contributed by atoms with Gasteiger partial charge in [0.25, 0.3) is 0 Å². The molecule has 1 aromatic carbocycles. The minimum atomic E-state index is 0.0488. The molecule has 14 heavy (non-hydrogen) atoms. The van der Waals surface area contributed by atoms with Crippen molar-refractivity contribution in [3.63, 3.8) is 0 Å². The zero-order valence-electron chi connectivity index (χ0n) is 8.76. The first-order valence-electron chi connectivity index (χ1n) is 4.60. The van der Waals surface area contributed by atoms with Gasteiger partial charge in [0.15, 0.2) is 0 Å². The van der Waals surface area contributed by atoms with Gasteiger partial charge >= 0.3 is 0 Å². The molecule has 0 amide bonds. The van der Waals surface area contributed by atoms with Crippen molar-refractivity contribution in [1.82, 2.24) is 5.32 Å². The maximum atomic E-state index is 9.41. The lowest BCUT2D eigenvalue weighted by Crippen LogP contribution is -2.38. The van der Waals surface area contributed by atoms with Gasteiger partial charge in [-0.3, -0.25) is 0 Å². The van der Waals surface area contributed by atoms with E-state index in [9.17, 15) is 5.11 Å². The van der Waals surface area contributed by atoms with Gasteiger partial charge in [-0.15, -0.1) is 0 Å². The second kappa shape index (κ2) is 4.32. The Kier molecular flexibility index (Phi) is 3.56. The van der Waals surface area contributed by atoms with E-state index in [1.54, 1.807) is 12.1 Å². The monoisotopic (exact) mass is 257 g/mol. The summed E-state index contributed by atoms with van der Waals surface area (Å²) in [5.41, 5.74) is 1.17. The van der Waals surface area contributed by atoms with Crippen LogP contribution >= 0.6 is 15.9 Å². The summed E-state index contributed by atoms with van der Waals surface area (Å²) in [7, 11) is 1.94. The molecule has 0 saturated carbocycles. The van der Waals surface area contributed by atoms with Crippen LogP contribution in [-0.4, -0.2) is 17.7 Å². The van der Waals surface area contributed by atoms with Gasteiger partial charge in [-0.2, -0.15) is 0 Å². The molecule has 0 radical (unpaired) electrons. The van der Waals surface area contributed by atoms with Crippen molar-refractivity contribution >= 4 is 15.9 Å². The van der Waals surface area contributed by atoms with Crippen molar-refractivity contribution < 1.29 is 5.11 Å². The molecule has 2 nitrogen and oxygen atoms in total. The van der Waals surface area contributed by atoms with Crippen LogP contribution in [0.5, 0.6) is 5.75 Å². The van der Waals surface area contributed by atoms with Crippen LogP contribution in [0.25, 0.3) is 0 Å². The van der Waals surface area contributed by atoms with Gasteiger partial charge in [-0.1, -0.05) is 15.9 Å². The third kappa shape index (κ3) is 3.31. The number of phenols is 1. The van der Waals surface area contributed by atoms with E-state index in [-0.39, 0.29) is 5.54 Å². The molecule has 0 aliphatic heterocycles. The Hall–Kier alpha value is -0.540. The van der Waals surface area contributed by atoms with Crippen LogP contribution in [-0.2, 0) is 6.42 Å². The fraction of sp³-hybridized carbons (Fsp3) is 0.455. The number of likely N-dealkylation sites (N-methyl/N-ethyl adjacent to an activating group) is 1. The lowest BCUT2D eigenvalue weighted by atomic mass is 9.95. The predicted octanol–water partition coefficient (Wildman–Crippen LogP) is 2.70. The summed E-state index contributed by atoms with van der Waals surface area (Å²) in [6.45, 7) is 4.26. The highest BCUT2D eigenvalue weighted by molar-refractivity contribution is 9.10. The molecule has 0 bridgehead atoms. The maximum Gasteiger partial charge on any atom is 0.116 e. The third-order valence-electron chi connectivity index (χ3n) is 2.27. The topological polar surface area (TPSA) is 32.3 Å². The van der Waals surface area contributed by atoms with Crippen LogP contribution in [0.3, 0.4) is 0 Å². The summed E-state index contributed by atoms with van der Waals surface area (Å²) in [5, 5.41) is 12.6. The summed E-state index contributed by atoms with van der Waals surface area (Å²) in [5.74, 6) is 0.307. The number of hydrogen-bond acceptors (Lipinski definition) is 2. The maximum absolute atomic E-state index is 9.41. The van der Waals surface area contributed by atoms with Crippen LogP contribution in [0.15, 0.2) is 22.7 Å². The quantitative estimate of drug-likeness (QED) is 0.873. The first kappa shape index (κ1) is 11.5. The molecule has 0 aliphatic rings. The Morgan fingerprint density at radius 1 is 1.36 bits per heavy atom. The van der Waals surface area contributed by atoms with E-state index in [1.165, 1.54) is 0 Å². The summed E-state index contributed by atoms with van der Waals surface area (Å²) < 4.78 is 0.916. The summed E-state index contributed by atoms with van der Waals surface area (Å²) in [6.07, 6.45) is 0.885. The van der Waals surface area contributed by atoms with Crippen LogP contribution in [0.4, 0.5) is 0 Å². The normalized spacial score (nSPS) is 11.7. The molecule has 1 rings (SSSR count). The molecule has 78 valence electrons. The second-order valence-electron chi connectivity index (χ2n) is 4.13. The molecule has 0 saturated heterocycles. The van der Waals surface area contributed by atoms with Crippen molar-refractivity contribution in [3.8, 4) is 5.75 Å². The smallest absolute Gasteiger partial charge is 0.116 e. The summed E-state index contributed by atoms with van der Waals surface area (Å²) in [4.78, 5) is 0. The van der Waals surface area contributed by atoms with Crippen LogP contribution < -0.4 is 5.32 Å². The van der Waals surface area contributed by atoms with E-state index < -0.39 is 0 Å². The number of aromatic hydroxyl groups is 1. The average molecular weight is 258 g/mol. The summed E-state index contributed by atoms with van der Waals surface area (Å²) >= 11 is 3.36. The Bertz CT molecular complexity index is 303. The highest BCUT2D eigenvalue weighted by atomic mass is 79.9. The zero-order chi connectivity index (χ0) is 10.8. The molecule has 1 aromatic rings. The van der Waals surface area contributed by atoms with E-state index in [4.69, 9.17) is 0 Å². The fourth-order valence-electron chi connectivity index (χ4n) is 1.33. The molecule has 0 fully saturated rings. The minimum absolute atomic E-state index is 0.0488. The van der Waals surface area contributed by atoms with Gasteiger partial charge in [0.1, 0.15) is 5.75 Å². The van der Waals surface area contributed by atoms with Crippen molar-refractivity contribution in [1.29, 1.82) is 0 Å². The van der Waals surface area contributed by atoms with E-state index in [0.29, 0.717) is 5.75 Å². The van der Waals surface area contributed by atoms with Crippen molar-refractivity contribution in [3.05, 3.63) is 28.2 Å². The van der Waals surface area contributed by atoms with E-state index in [0.717, 1.165) is 16.5 Å². The van der Waals surface area contributed by atoms with E-state index >= 15 is 0 Å². The van der Waals surface area contributed by atoms with Crippen LogP contribution in [0.2, 0.25) is 0 Å². The predicted molar refractivity (Wildman–Crippen MR) is 62.6 cm³/mol. The number of hydrogen-bond donors (Lipinski definition) is 2. The molecule has 0 aliphatic carbocycles. The molecule has 0 atom stereocenters. The highest BCUT2D eigenvalue weighted by Crippen LogP contribution is 2.23. The first-order chi connectivity index (χ1) is 6.43. The lowest BCUT2D eigenvalue weighted by molar-refractivity contribution is 0.420. The van der Waals surface area contributed by atoms with Gasteiger partial charge in [0.2, 0.25) is 0 Å². The zero-order valence-corrected chi connectivity index (χ0v) is 10.4. The van der Waals surface area contributed by atoms with Crippen molar-refractivity contribution in [2.75, 3.05) is 7.05 Å². The van der Waals surface area contributed by atoms with Gasteiger partial charge in [-0.25, -0.2) is 0 Å². The molecule has 2 N–H and O–H groups in total. The first-order valence-corrected chi connectivity index (χ1v) is 5.39. The standard InChI is InChI=1S/C11H16BrNO/c1-11(2,13-3)7-8-4-9(12)6-10(14)5-8/h4-6,13-14H,7H2,1-3H3. The highest BCUT2D eigenvalue weighted by Gasteiger charge is 2.15. The lowest BCUT2D eigenvalue weighted by Gasteiger charge is -2.24. The molecule has 0 heterocycles. The number of halogens is 1. The number of nitrogens with one attached hydrogen (secondary N) is 1. The van der Waals surface area contributed by atoms with Gasteiger partial charge in [0.05, 0.1) is 0 Å². The Morgan fingerprint density at radius 3 is 2.50 bits per heavy atom. The molecular formula is C11H16BrNO. The van der Waals surface area contributed by atoms with E-state index in [2.05, 4.69) is 35.1 Å². The van der Waals surface area contributed by atoms with Gasteiger partial charge < -0.3 is 10.4 Å². The largest absolute Gasteiger partial charge is 0.508 e. The Balaban J connectivity index is 2.87. The van der Waals surface area contributed by atoms with Crippen molar-refractivity contribution in [2.45, 2.75) is 25.8 Å². The summed E-state index contributed by atoms with van der Waals surface area (Å²) in [6, 6.07) is 5.51. The molecule has 0 spiro atoms. The molecular weight excluding hydrogens is 242 g/mol. The van der Waals surface area contributed by atoms with Gasteiger partial charge in [0, 0.05) is 10.0 Å². The SMILES string of the molecule is CNC(C)(C)Cc1cc(O)cc(Br)c1. The average Bonchev–Trinajstić information content (AvgIpc) is 2.01. The minimum Gasteiger partial charge on any atom is -0.508 e. The molecule has 0 unspecified atom stereocenters. The van der Waals surface area contributed by atoms with Crippen molar-refractivity contribution in [2.24, 2.45) is 0 Å². The fourth-order valence-corrected chi connectivity index (χ4v) is 1.86. The molecule has 3 heteroatoms. The molecule has 0 aromatic heterocycles. The van der Waals surface area contributed by atoms with Crippen LogP contribution in [0.1, 0.15) is 19.4 Å².